The van der Waals surface area contributed by atoms with Crippen molar-refractivity contribution in [2.45, 2.75) is 28.9 Å². The number of nitrogens with one attached hydrogen (secondary N) is 1. The normalized spacial score (nSPS) is 19.3. The number of ether oxygens (including phenoxy) is 4. The van der Waals surface area contributed by atoms with Gasteiger partial charge in [0.2, 0.25) is 0 Å². The van der Waals surface area contributed by atoms with Gasteiger partial charge in [0.15, 0.2) is 0 Å². The van der Waals surface area contributed by atoms with Crippen molar-refractivity contribution in [1.82, 2.24) is 9.55 Å². The summed E-state index contributed by atoms with van der Waals surface area (Å²) < 4.78 is 28.4. The van der Waals surface area contributed by atoms with Crippen molar-refractivity contribution in [3.8, 4) is 5.75 Å². The molecule has 1 aliphatic rings. The molecule has 2 heterocycles. The minimum atomic E-state index is -1.01. The summed E-state index contributed by atoms with van der Waals surface area (Å²) in [5, 5.41) is 0. The summed E-state index contributed by atoms with van der Waals surface area (Å²) >= 11 is -0.135. The molecule has 0 amide bonds. The fraction of sp³-hybridized carbons (Fsp3) is 0.211. The fourth-order valence-electron chi connectivity index (χ4n) is 5.98. The number of hydrogen-bond acceptors (Lipinski definition) is 6. The van der Waals surface area contributed by atoms with E-state index in [1.807, 2.05) is 78.9 Å². The number of benzene rings is 4. The SMILES string of the molecule is C=CCO[C@H]1[C@H]([Se]c2ccccc2)[C@@H](COC(c2ccccc2)(c2ccccc2)c2ccc(OC)cc2)O[C@H]1n1ccc(=O)[nH]c1=O. The van der Waals surface area contributed by atoms with Crippen molar-refractivity contribution in [3.63, 3.8) is 0 Å². The molecule has 240 valence electrons. The minimum absolute atomic E-state index is 0.135. The van der Waals surface area contributed by atoms with Crippen molar-refractivity contribution in [2.75, 3.05) is 20.3 Å². The van der Waals surface area contributed by atoms with Crippen LogP contribution in [0.25, 0.3) is 0 Å². The Morgan fingerprint density at radius 2 is 1.45 bits per heavy atom. The number of aromatic nitrogens is 2. The van der Waals surface area contributed by atoms with Crippen LogP contribution in [0.4, 0.5) is 0 Å². The molecule has 1 N–H and O–H groups in total. The van der Waals surface area contributed by atoms with Gasteiger partial charge < -0.3 is 0 Å². The summed E-state index contributed by atoms with van der Waals surface area (Å²) in [6, 6.07) is 39.7. The summed E-state index contributed by atoms with van der Waals surface area (Å²) in [4.78, 5) is 27.2. The van der Waals surface area contributed by atoms with Crippen LogP contribution in [-0.4, -0.2) is 57.0 Å². The molecule has 0 aliphatic carbocycles. The Kier molecular flexibility index (Phi) is 10.3. The first-order chi connectivity index (χ1) is 23.0. The Morgan fingerprint density at radius 3 is 2.02 bits per heavy atom. The number of H-pyrrole nitrogens is 1. The Balaban J connectivity index is 1.45. The molecule has 0 unspecified atom stereocenters. The van der Waals surface area contributed by atoms with E-state index in [4.69, 9.17) is 18.9 Å². The van der Waals surface area contributed by atoms with Gasteiger partial charge in [0, 0.05) is 0 Å². The molecule has 1 fully saturated rings. The molecule has 8 nitrogen and oxygen atoms in total. The van der Waals surface area contributed by atoms with Gasteiger partial charge >= 0.3 is 281 Å². The van der Waals surface area contributed by atoms with Crippen LogP contribution in [0.1, 0.15) is 22.9 Å². The van der Waals surface area contributed by atoms with Crippen LogP contribution in [0.5, 0.6) is 5.75 Å². The average molecular weight is 696 g/mol. The molecule has 4 atom stereocenters. The molecular formula is C38H36N2O6Se. The molecular weight excluding hydrogens is 659 g/mol. The summed E-state index contributed by atoms with van der Waals surface area (Å²) in [6.07, 6.45) is 1.35. The first-order valence-electron chi connectivity index (χ1n) is 15.3. The molecule has 47 heavy (non-hydrogen) atoms. The quantitative estimate of drug-likeness (QED) is 0.108. The first-order valence-corrected chi connectivity index (χ1v) is 17.2. The molecule has 4 aromatic carbocycles. The van der Waals surface area contributed by atoms with Crippen LogP contribution in [0.2, 0.25) is 4.82 Å². The van der Waals surface area contributed by atoms with E-state index in [0.717, 1.165) is 26.9 Å². The second kappa shape index (κ2) is 14.9. The van der Waals surface area contributed by atoms with E-state index in [9.17, 15) is 9.59 Å². The van der Waals surface area contributed by atoms with Crippen LogP contribution in [0.3, 0.4) is 0 Å². The second-order valence-electron chi connectivity index (χ2n) is 11.0. The molecule has 0 spiro atoms. The van der Waals surface area contributed by atoms with Crippen molar-refractivity contribution in [2.24, 2.45) is 0 Å². The van der Waals surface area contributed by atoms with Gasteiger partial charge in [-0.25, -0.2) is 0 Å². The van der Waals surface area contributed by atoms with Crippen LogP contribution in [-0.2, 0) is 19.8 Å². The van der Waals surface area contributed by atoms with Gasteiger partial charge in [-0.15, -0.1) is 0 Å². The Labute approximate surface area is 279 Å². The van der Waals surface area contributed by atoms with Gasteiger partial charge in [-0.05, 0) is 0 Å². The molecule has 1 aliphatic heterocycles. The molecule has 6 rings (SSSR count). The summed E-state index contributed by atoms with van der Waals surface area (Å²) in [5.74, 6) is 0.741. The Hall–Kier alpha value is -4.50. The third kappa shape index (κ3) is 6.95. The van der Waals surface area contributed by atoms with E-state index < -0.39 is 35.3 Å². The van der Waals surface area contributed by atoms with Crippen molar-refractivity contribution < 1.29 is 18.9 Å². The third-order valence-electron chi connectivity index (χ3n) is 8.15. The molecule has 0 radical (unpaired) electrons. The zero-order valence-corrected chi connectivity index (χ0v) is 27.7. The monoisotopic (exact) mass is 696 g/mol. The Bertz CT molecular complexity index is 1820. The maximum atomic E-state index is 13.1. The van der Waals surface area contributed by atoms with Gasteiger partial charge in [-0.3, -0.25) is 0 Å². The number of rotatable bonds is 13. The van der Waals surface area contributed by atoms with Crippen LogP contribution < -0.4 is 20.4 Å². The van der Waals surface area contributed by atoms with E-state index in [1.54, 1.807) is 13.2 Å². The van der Waals surface area contributed by atoms with Gasteiger partial charge in [-0.1, -0.05) is 0 Å². The van der Waals surface area contributed by atoms with Crippen molar-refractivity contribution in [1.29, 1.82) is 0 Å². The van der Waals surface area contributed by atoms with Crippen LogP contribution in [0.15, 0.2) is 150 Å². The van der Waals surface area contributed by atoms with Crippen LogP contribution >= 0.6 is 0 Å². The zero-order valence-electron chi connectivity index (χ0n) is 25.9. The van der Waals surface area contributed by atoms with Crippen LogP contribution in [0, 0.1) is 0 Å². The number of nitrogens with zero attached hydrogens (tertiary/aromatic N) is 1. The topological polar surface area (TPSA) is 91.8 Å². The van der Waals surface area contributed by atoms with E-state index in [-0.39, 0.29) is 33.0 Å². The third-order valence-corrected chi connectivity index (χ3v) is 11.1. The molecule has 1 saturated heterocycles. The van der Waals surface area contributed by atoms with Gasteiger partial charge in [0.25, 0.3) is 0 Å². The summed E-state index contributed by atoms with van der Waals surface area (Å²) in [5.41, 5.74) is 0.773. The second-order valence-corrected chi connectivity index (χ2v) is 13.6. The first kappa shape index (κ1) is 32.4. The summed E-state index contributed by atoms with van der Waals surface area (Å²) in [7, 11) is 1.65. The number of methoxy groups -OCH3 is 1. The van der Waals surface area contributed by atoms with E-state index in [1.165, 1.54) is 16.8 Å². The number of hydrogen-bond donors (Lipinski definition) is 1. The van der Waals surface area contributed by atoms with E-state index >= 15 is 0 Å². The van der Waals surface area contributed by atoms with Crippen molar-refractivity contribution in [3.05, 3.63) is 178 Å². The van der Waals surface area contributed by atoms with Gasteiger partial charge in [0.1, 0.15) is 0 Å². The van der Waals surface area contributed by atoms with E-state index in [0.29, 0.717) is 0 Å². The maximum absolute atomic E-state index is 13.1. The average Bonchev–Trinajstić information content (AvgIpc) is 3.45. The van der Waals surface area contributed by atoms with E-state index in [2.05, 4.69) is 48.0 Å². The number of aromatic amines is 1. The zero-order chi connectivity index (χ0) is 32.6. The fourth-order valence-corrected chi connectivity index (χ4v) is 8.64. The molecule has 0 bridgehead atoms. The molecule has 1 aromatic heterocycles. The molecule has 5 aromatic rings. The standard InChI is InChI=1S/C38H36N2O6Se/c1-3-25-44-34-35(47-31-17-11-6-12-18-31)32(46-36(34)40-24-23-33(41)39-37(40)42)26-45-38(27-13-7-4-8-14-27,28-15-9-5-10-16-28)29-19-21-30(43-2)22-20-29/h3-24,32,34-36H,1,25-26H2,2H3,(H,39,41,42)/t32-,34+,35-,36-/m1/s1. The molecule has 9 heteroatoms. The van der Waals surface area contributed by atoms with Gasteiger partial charge in [0.05, 0.1) is 0 Å². The molecule has 0 saturated carbocycles. The summed E-state index contributed by atoms with van der Waals surface area (Å²) in [6.45, 7) is 4.29. The predicted octanol–water partition coefficient (Wildman–Crippen LogP) is 4.84. The Morgan fingerprint density at radius 1 is 0.851 bits per heavy atom. The predicted molar refractivity (Wildman–Crippen MR) is 182 cm³/mol. The van der Waals surface area contributed by atoms with Crippen molar-refractivity contribution >= 4 is 19.4 Å². The van der Waals surface area contributed by atoms with Gasteiger partial charge in [-0.2, -0.15) is 0 Å².